The fourth-order valence-electron chi connectivity index (χ4n) is 2.42. The molecule has 0 saturated carbocycles. The molecular weight excluding hydrogens is 256 g/mol. The van der Waals surface area contributed by atoms with Crippen LogP contribution < -0.4 is 5.73 Å². The topological polar surface area (TPSA) is 75.8 Å². The zero-order valence-corrected chi connectivity index (χ0v) is 11.8. The monoisotopic (exact) mass is 278 g/mol. The summed E-state index contributed by atoms with van der Waals surface area (Å²) in [6.07, 6.45) is 0.478. The van der Waals surface area contributed by atoms with Crippen molar-refractivity contribution in [2.45, 2.75) is 38.0 Å². The fraction of sp³-hybridized carbons (Fsp3) is 0.533. The summed E-state index contributed by atoms with van der Waals surface area (Å²) >= 11 is 0. The first-order valence-electron chi connectivity index (χ1n) is 6.94. The van der Waals surface area contributed by atoms with E-state index >= 15 is 0 Å². The average Bonchev–Trinajstić information content (AvgIpc) is 2.46. The van der Waals surface area contributed by atoms with Gasteiger partial charge in [0.1, 0.15) is 6.61 Å². The molecule has 1 heterocycles. The number of carbonyl (C=O) groups excluding carboxylic acids is 1. The second-order valence-electron chi connectivity index (χ2n) is 5.47. The molecule has 2 unspecified atom stereocenters. The van der Waals surface area contributed by atoms with Gasteiger partial charge in [-0.15, -0.1) is 0 Å². The molecule has 1 aliphatic rings. The smallest absolute Gasteiger partial charge is 0.410 e. The van der Waals surface area contributed by atoms with Crippen molar-refractivity contribution in [1.29, 1.82) is 0 Å². The van der Waals surface area contributed by atoms with Crippen molar-refractivity contribution in [2.75, 3.05) is 13.1 Å². The lowest BCUT2D eigenvalue weighted by Gasteiger charge is -2.41. The van der Waals surface area contributed by atoms with Gasteiger partial charge in [-0.2, -0.15) is 0 Å². The zero-order valence-electron chi connectivity index (χ0n) is 11.8. The van der Waals surface area contributed by atoms with Crippen molar-refractivity contribution in [1.82, 2.24) is 4.90 Å². The number of nitrogens with two attached hydrogens (primary N) is 1. The third-order valence-electron chi connectivity index (χ3n) is 3.85. The van der Waals surface area contributed by atoms with Crippen LogP contribution in [0, 0.1) is 0 Å². The predicted molar refractivity (Wildman–Crippen MR) is 76.0 cm³/mol. The summed E-state index contributed by atoms with van der Waals surface area (Å²) in [7, 11) is 0. The third-order valence-corrected chi connectivity index (χ3v) is 3.85. The number of hydrogen-bond donors (Lipinski definition) is 2. The molecule has 1 fully saturated rings. The number of hydrogen-bond acceptors (Lipinski definition) is 4. The molecule has 110 valence electrons. The fourth-order valence-corrected chi connectivity index (χ4v) is 2.42. The Kier molecular flexibility index (Phi) is 4.62. The van der Waals surface area contributed by atoms with Crippen molar-refractivity contribution in [2.24, 2.45) is 5.73 Å². The number of aliphatic hydroxyl groups excluding tert-OH is 1. The van der Waals surface area contributed by atoms with Crippen LogP contribution in [-0.4, -0.2) is 40.8 Å². The van der Waals surface area contributed by atoms with Gasteiger partial charge in [-0.25, -0.2) is 4.79 Å². The zero-order chi connectivity index (χ0) is 14.6. The highest BCUT2D eigenvalue weighted by Gasteiger charge is 2.38. The van der Waals surface area contributed by atoms with Gasteiger partial charge < -0.3 is 20.5 Å². The summed E-state index contributed by atoms with van der Waals surface area (Å²) in [6.45, 7) is 2.87. The normalized spacial score (nSPS) is 24.2. The molecule has 2 atom stereocenters. The Morgan fingerprint density at radius 2 is 2.20 bits per heavy atom. The van der Waals surface area contributed by atoms with E-state index < -0.39 is 11.6 Å². The Morgan fingerprint density at radius 1 is 1.50 bits per heavy atom. The van der Waals surface area contributed by atoms with Gasteiger partial charge in [0.2, 0.25) is 0 Å². The van der Waals surface area contributed by atoms with E-state index in [-0.39, 0.29) is 12.7 Å². The molecule has 20 heavy (non-hydrogen) atoms. The highest BCUT2D eigenvalue weighted by atomic mass is 16.6. The molecule has 1 aliphatic heterocycles. The Morgan fingerprint density at radius 3 is 2.85 bits per heavy atom. The Bertz CT molecular complexity index is 450. The number of nitrogens with zero attached hydrogens (tertiary/aromatic N) is 1. The number of amides is 1. The minimum Gasteiger partial charge on any atom is -0.445 e. The van der Waals surface area contributed by atoms with Crippen molar-refractivity contribution >= 4 is 6.09 Å². The molecule has 1 amide bonds. The summed E-state index contributed by atoms with van der Waals surface area (Å²) in [6, 6.07) is 9.55. The first-order valence-corrected chi connectivity index (χ1v) is 6.94. The summed E-state index contributed by atoms with van der Waals surface area (Å²) < 4.78 is 5.29. The van der Waals surface area contributed by atoms with Crippen LogP contribution in [-0.2, 0) is 11.3 Å². The highest BCUT2D eigenvalue weighted by molar-refractivity contribution is 5.68. The van der Waals surface area contributed by atoms with Crippen molar-refractivity contribution in [3.05, 3.63) is 35.9 Å². The number of aliphatic hydroxyl groups is 1. The number of ether oxygens (including phenoxy) is 1. The number of carbonyl (C=O) groups is 1. The second-order valence-corrected chi connectivity index (χ2v) is 5.47. The number of piperidine rings is 1. The minimum absolute atomic E-state index is 0.252. The van der Waals surface area contributed by atoms with Crippen molar-refractivity contribution in [3.8, 4) is 0 Å². The quantitative estimate of drug-likeness (QED) is 0.878. The van der Waals surface area contributed by atoms with Crippen LogP contribution in [0.15, 0.2) is 30.3 Å². The van der Waals surface area contributed by atoms with E-state index in [2.05, 4.69) is 0 Å². The Hall–Kier alpha value is -1.59. The van der Waals surface area contributed by atoms with Crippen molar-refractivity contribution in [3.63, 3.8) is 0 Å². The molecule has 0 aliphatic carbocycles. The molecule has 0 radical (unpaired) electrons. The van der Waals surface area contributed by atoms with Gasteiger partial charge >= 0.3 is 6.09 Å². The van der Waals surface area contributed by atoms with E-state index in [1.54, 1.807) is 11.8 Å². The number of rotatable bonds is 3. The van der Waals surface area contributed by atoms with Crippen LogP contribution in [0.25, 0.3) is 0 Å². The lowest BCUT2D eigenvalue weighted by atomic mass is 9.86. The van der Waals surface area contributed by atoms with Gasteiger partial charge in [-0.1, -0.05) is 30.3 Å². The third kappa shape index (κ3) is 3.49. The molecule has 1 aromatic carbocycles. The van der Waals surface area contributed by atoms with Crippen LogP contribution in [0.3, 0.4) is 0 Å². The molecule has 1 saturated heterocycles. The van der Waals surface area contributed by atoms with Crippen LogP contribution in [0.5, 0.6) is 0 Å². The largest absolute Gasteiger partial charge is 0.445 e. The van der Waals surface area contributed by atoms with E-state index in [1.165, 1.54) is 0 Å². The molecule has 0 spiro atoms. The molecule has 2 rings (SSSR count). The maximum Gasteiger partial charge on any atom is 0.410 e. The lowest BCUT2D eigenvalue weighted by molar-refractivity contribution is 0.0281. The number of benzene rings is 1. The van der Waals surface area contributed by atoms with E-state index in [1.807, 2.05) is 30.3 Å². The first kappa shape index (κ1) is 14.8. The molecule has 0 aromatic heterocycles. The molecular formula is C15H22N2O3. The lowest BCUT2D eigenvalue weighted by Crippen LogP contribution is -2.61. The van der Waals surface area contributed by atoms with Gasteiger partial charge in [0, 0.05) is 13.1 Å². The molecule has 0 bridgehead atoms. The van der Waals surface area contributed by atoms with Gasteiger partial charge in [0.15, 0.2) is 0 Å². The molecule has 5 nitrogen and oxygen atoms in total. The predicted octanol–water partition coefficient (Wildman–Crippen LogP) is 1.50. The van der Waals surface area contributed by atoms with E-state index in [0.717, 1.165) is 12.0 Å². The average molecular weight is 278 g/mol. The van der Waals surface area contributed by atoms with E-state index in [0.29, 0.717) is 19.5 Å². The Labute approximate surface area is 119 Å². The van der Waals surface area contributed by atoms with Gasteiger partial charge in [0.25, 0.3) is 0 Å². The molecule has 1 aromatic rings. The standard InChI is InChI=1S/C15H22N2O3/c1-12(18)15(16)8-5-9-17(11-15)14(19)20-10-13-6-3-2-4-7-13/h2-4,6-7,12,18H,5,8-11,16H2,1H3. The van der Waals surface area contributed by atoms with Crippen LogP contribution in [0.1, 0.15) is 25.3 Å². The summed E-state index contributed by atoms with van der Waals surface area (Å²) in [4.78, 5) is 13.6. The van der Waals surface area contributed by atoms with Gasteiger partial charge in [0.05, 0.1) is 11.6 Å². The summed E-state index contributed by atoms with van der Waals surface area (Å²) in [5, 5.41) is 9.74. The molecule has 3 N–H and O–H groups in total. The Balaban J connectivity index is 1.89. The van der Waals surface area contributed by atoms with Gasteiger partial charge in [-0.05, 0) is 25.3 Å². The first-order chi connectivity index (χ1) is 9.51. The second kappa shape index (κ2) is 6.24. The van der Waals surface area contributed by atoms with Gasteiger partial charge in [-0.3, -0.25) is 0 Å². The minimum atomic E-state index is -0.732. The summed E-state index contributed by atoms with van der Waals surface area (Å²) in [5.41, 5.74) is 6.36. The SMILES string of the molecule is CC(O)C1(N)CCCN(C(=O)OCc2ccccc2)C1. The van der Waals surface area contributed by atoms with Crippen molar-refractivity contribution < 1.29 is 14.6 Å². The summed E-state index contributed by atoms with van der Waals surface area (Å²) in [5.74, 6) is 0. The maximum absolute atomic E-state index is 12.0. The highest BCUT2D eigenvalue weighted by Crippen LogP contribution is 2.22. The van der Waals surface area contributed by atoms with Crippen LogP contribution >= 0.6 is 0 Å². The van der Waals surface area contributed by atoms with Crippen LogP contribution in [0.2, 0.25) is 0 Å². The molecule has 5 heteroatoms. The van der Waals surface area contributed by atoms with E-state index in [4.69, 9.17) is 10.5 Å². The van der Waals surface area contributed by atoms with Crippen LogP contribution in [0.4, 0.5) is 4.79 Å². The maximum atomic E-state index is 12.0. The number of likely N-dealkylation sites (tertiary alicyclic amines) is 1. The van der Waals surface area contributed by atoms with E-state index in [9.17, 15) is 9.90 Å².